The zero-order valence-corrected chi connectivity index (χ0v) is 11.9. The molecule has 0 amide bonds. The number of nitrogens with one attached hydrogen (secondary N) is 1. The van der Waals surface area contributed by atoms with Crippen molar-refractivity contribution in [2.24, 2.45) is 0 Å². The summed E-state index contributed by atoms with van der Waals surface area (Å²) in [6, 6.07) is 11.1. The van der Waals surface area contributed by atoms with Gasteiger partial charge in [-0.2, -0.15) is 0 Å². The Morgan fingerprint density at radius 1 is 1.06 bits per heavy atom. The molecular weight excluding hydrogens is 220 g/mol. The number of anilines is 1. The van der Waals surface area contributed by atoms with E-state index >= 15 is 0 Å². The first-order valence-electron chi connectivity index (χ1n) is 6.54. The van der Waals surface area contributed by atoms with E-state index in [0.717, 1.165) is 11.3 Å². The topological polar surface area (TPSA) is 24.9 Å². The van der Waals surface area contributed by atoms with Crippen molar-refractivity contribution in [1.82, 2.24) is 4.98 Å². The zero-order chi connectivity index (χ0) is 13.3. The standard InChI is InChI=1S/C16H22N2/c1-11(2)17-15-9-6-12-10-13(16(3,4)5)7-8-14(12)18-15/h6-11H,1-5H3,(H,17,18). The van der Waals surface area contributed by atoms with Crippen molar-refractivity contribution in [2.45, 2.75) is 46.1 Å². The number of fused-ring (bicyclic) bond motifs is 1. The summed E-state index contributed by atoms with van der Waals surface area (Å²) in [6.45, 7) is 10.9. The fraction of sp³-hybridized carbons (Fsp3) is 0.438. The van der Waals surface area contributed by atoms with Crippen molar-refractivity contribution in [3.63, 3.8) is 0 Å². The first kappa shape index (κ1) is 12.9. The van der Waals surface area contributed by atoms with Crippen LogP contribution >= 0.6 is 0 Å². The minimum absolute atomic E-state index is 0.184. The molecule has 96 valence electrons. The smallest absolute Gasteiger partial charge is 0.126 e. The van der Waals surface area contributed by atoms with Gasteiger partial charge in [0.25, 0.3) is 0 Å². The Labute approximate surface area is 109 Å². The Hall–Kier alpha value is -1.57. The molecule has 18 heavy (non-hydrogen) atoms. The quantitative estimate of drug-likeness (QED) is 0.846. The summed E-state index contributed by atoms with van der Waals surface area (Å²) in [6.07, 6.45) is 0. The van der Waals surface area contributed by atoms with E-state index < -0.39 is 0 Å². The lowest BCUT2D eigenvalue weighted by atomic mass is 9.86. The van der Waals surface area contributed by atoms with Gasteiger partial charge in [-0.3, -0.25) is 0 Å². The third kappa shape index (κ3) is 2.81. The molecule has 0 saturated heterocycles. The van der Waals surface area contributed by atoms with E-state index in [1.54, 1.807) is 0 Å². The van der Waals surface area contributed by atoms with Crippen LogP contribution in [0.1, 0.15) is 40.2 Å². The lowest BCUT2D eigenvalue weighted by molar-refractivity contribution is 0.591. The maximum absolute atomic E-state index is 4.63. The van der Waals surface area contributed by atoms with Crippen LogP contribution in [0.5, 0.6) is 0 Å². The van der Waals surface area contributed by atoms with Gasteiger partial charge in [-0.15, -0.1) is 0 Å². The highest BCUT2D eigenvalue weighted by atomic mass is 15.0. The fourth-order valence-corrected chi connectivity index (χ4v) is 1.97. The average Bonchev–Trinajstić information content (AvgIpc) is 2.26. The van der Waals surface area contributed by atoms with Crippen molar-refractivity contribution in [1.29, 1.82) is 0 Å². The normalized spacial score (nSPS) is 12.1. The van der Waals surface area contributed by atoms with Gasteiger partial charge in [0.1, 0.15) is 5.82 Å². The predicted molar refractivity (Wildman–Crippen MR) is 79.2 cm³/mol. The van der Waals surface area contributed by atoms with E-state index in [9.17, 15) is 0 Å². The van der Waals surface area contributed by atoms with Crippen LogP contribution in [0.3, 0.4) is 0 Å². The zero-order valence-electron chi connectivity index (χ0n) is 11.9. The molecule has 0 aliphatic heterocycles. The van der Waals surface area contributed by atoms with Crippen molar-refractivity contribution in [2.75, 3.05) is 5.32 Å². The minimum Gasteiger partial charge on any atom is -0.368 e. The Balaban J connectivity index is 2.42. The van der Waals surface area contributed by atoms with Gasteiger partial charge in [0.2, 0.25) is 0 Å². The fourth-order valence-electron chi connectivity index (χ4n) is 1.97. The van der Waals surface area contributed by atoms with Crippen LogP contribution in [0.15, 0.2) is 30.3 Å². The number of nitrogens with zero attached hydrogens (tertiary/aromatic N) is 1. The average molecular weight is 242 g/mol. The van der Waals surface area contributed by atoms with Gasteiger partial charge in [0, 0.05) is 11.4 Å². The van der Waals surface area contributed by atoms with E-state index in [-0.39, 0.29) is 5.41 Å². The number of aromatic nitrogens is 1. The van der Waals surface area contributed by atoms with Crippen LogP contribution < -0.4 is 5.32 Å². The number of benzene rings is 1. The second-order valence-corrected chi connectivity index (χ2v) is 6.15. The number of pyridine rings is 1. The Bertz CT molecular complexity index is 551. The monoisotopic (exact) mass is 242 g/mol. The van der Waals surface area contributed by atoms with Crippen molar-refractivity contribution < 1.29 is 0 Å². The van der Waals surface area contributed by atoms with Crippen LogP contribution in [0.2, 0.25) is 0 Å². The van der Waals surface area contributed by atoms with Gasteiger partial charge in [-0.1, -0.05) is 26.8 Å². The lowest BCUT2D eigenvalue weighted by Crippen LogP contribution is -2.12. The number of hydrogen-bond donors (Lipinski definition) is 1. The summed E-state index contributed by atoms with van der Waals surface area (Å²) in [5.41, 5.74) is 2.58. The molecule has 0 unspecified atom stereocenters. The largest absolute Gasteiger partial charge is 0.368 e. The summed E-state index contributed by atoms with van der Waals surface area (Å²) in [7, 11) is 0. The Morgan fingerprint density at radius 3 is 2.39 bits per heavy atom. The van der Waals surface area contributed by atoms with Gasteiger partial charge < -0.3 is 5.32 Å². The van der Waals surface area contributed by atoms with Crippen LogP contribution in [0.4, 0.5) is 5.82 Å². The van der Waals surface area contributed by atoms with Crippen molar-refractivity contribution in [3.05, 3.63) is 35.9 Å². The highest BCUT2D eigenvalue weighted by molar-refractivity contribution is 5.81. The van der Waals surface area contributed by atoms with Crippen molar-refractivity contribution >= 4 is 16.7 Å². The third-order valence-corrected chi connectivity index (χ3v) is 2.99. The highest BCUT2D eigenvalue weighted by Crippen LogP contribution is 2.26. The van der Waals surface area contributed by atoms with Gasteiger partial charge >= 0.3 is 0 Å². The predicted octanol–water partition coefficient (Wildman–Crippen LogP) is 4.35. The molecule has 1 heterocycles. The SMILES string of the molecule is CC(C)Nc1ccc2cc(C(C)(C)C)ccc2n1. The van der Waals surface area contributed by atoms with E-state index in [1.807, 2.05) is 0 Å². The van der Waals surface area contributed by atoms with Gasteiger partial charge in [0.15, 0.2) is 0 Å². The molecule has 0 radical (unpaired) electrons. The summed E-state index contributed by atoms with van der Waals surface area (Å²) >= 11 is 0. The van der Waals surface area contributed by atoms with Gasteiger partial charge in [-0.25, -0.2) is 4.98 Å². The Kier molecular flexibility index (Phi) is 3.29. The summed E-state index contributed by atoms with van der Waals surface area (Å²) in [5.74, 6) is 0.945. The molecule has 2 nitrogen and oxygen atoms in total. The lowest BCUT2D eigenvalue weighted by Gasteiger charge is -2.19. The minimum atomic E-state index is 0.184. The van der Waals surface area contributed by atoms with Crippen LogP contribution in [0, 0.1) is 0 Å². The molecule has 0 saturated carbocycles. The number of hydrogen-bond acceptors (Lipinski definition) is 2. The third-order valence-electron chi connectivity index (χ3n) is 2.99. The molecule has 2 rings (SSSR count). The highest BCUT2D eigenvalue weighted by Gasteiger charge is 2.13. The first-order valence-corrected chi connectivity index (χ1v) is 6.54. The molecule has 1 N–H and O–H groups in total. The van der Waals surface area contributed by atoms with Gasteiger partial charge in [0.05, 0.1) is 5.52 Å². The molecule has 0 aliphatic rings. The van der Waals surface area contributed by atoms with Gasteiger partial charge in [-0.05, 0) is 49.1 Å². The Morgan fingerprint density at radius 2 is 1.78 bits per heavy atom. The molecule has 1 aromatic heterocycles. The molecule has 0 aliphatic carbocycles. The summed E-state index contributed by atoms with van der Waals surface area (Å²) < 4.78 is 0. The van der Waals surface area contributed by atoms with E-state index in [1.165, 1.54) is 10.9 Å². The molecule has 2 aromatic rings. The summed E-state index contributed by atoms with van der Waals surface area (Å²) in [5, 5.41) is 4.54. The maximum atomic E-state index is 4.63. The molecule has 0 fully saturated rings. The molecule has 0 spiro atoms. The molecule has 0 bridgehead atoms. The molecular formula is C16H22N2. The second-order valence-electron chi connectivity index (χ2n) is 6.15. The van der Waals surface area contributed by atoms with Crippen LogP contribution in [-0.2, 0) is 5.41 Å². The van der Waals surface area contributed by atoms with E-state index in [0.29, 0.717) is 6.04 Å². The van der Waals surface area contributed by atoms with Crippen molar-refractivity contribution in [3.8, 4) is 0 Å². The van der Waals surface area contributed by atoms with Crippen LogP contribution in [-0.4, -0.2) is 11.0 Å². The molecule has 2 heteroatoms. The van der Waals surface area contributed by atoms with Crippen LogP contribution in [0.25, 0.3) is 10.9 Å². The maximum Gasteiger partial charge on any atom is 0.126 e. The second kappa shape index (κ2) is 4.60. The first-order chi connectivity index (χ1) is 8.36. The van der Waals surface area contributed by atoms with E-state index in [2.05, 4.69) is 75.3 Å². The molecule has 0 atom stereocenters. The number of rotatable bonds is 2. The summed E-state index contributed by atoms with van der Waals surface area (Å²) in [4.78, 5) is 4.63. The molecule has 1 aromatic carbocycles. The van der Waals surface area contributed by atoms with E-state index in [4.69, 9.17) is 0 Å².